The Bertz CT molecular complexity index is 4480. The molecule has 0 saturated heterocycles. The van der Waals surface area contributed by atoms with E-state index in [1.807, 2.05) is 162 Å². The average molecular weight is 1600 g/mol. The standard InChI is InChI=1S/C16H20N2O2.C16H23NO5S.C16H21NO4.C15H21NO3.C11H12N2.C11H13NO2.2ClH/c1-16(2,3)20-15(19)18-14-7-5-12-10-11(8-9-17)4-6-13(12)14;1-16(2,3)22-15(18)17-14-8-6-12-9-11(5-7-13(12)14)10-21-23(4,19)20;1-16(2,3)21-15(19)17-13-8-6-10-9-11(14(18)20-4)5-7-12(10)13;1-15(2,3)19-14(18)16-13-7-5-11-8-10(9-17)4-6-12(11)13;12-6-5-8-1-3-10-9(7-8)2-4-11(10)13;1-14-11(13)8-2-4-9-7(6-8)3-5-10(9)12;;/h4,6,10,14H,5,7-8H2,1-3H3,(H,18,19);5,7,9,14H,6,8,10H2,1-4H3,(H,17,18);5,7,9,13H,6,8H2,1-4H3,(H,17,19);4,6,8,13,17H,5,7,9H2,1-3H3,(H,16,18);1,3,7,11H,2,4-5,13H2;2,4,6,10H,3,5,12H2,1H3;2*1H/t2*14-;2*13-;11-;10-;;/m000000../s1. The second-order valence-electron chi connectivity index (χ2n) is 32.0. The van der Waals surface area contributed by atoms with Gasteiger partial charge in [0, 0.05) is 12.1 Å². The lowest BCUT2D eigenvalue weighted by Crippen LogP contribution is -2.34. The molecule has 6 aromatic carbocycles. The number of fused-ring (bicyclic) bond motifs is 6. The Kier molecular flexibility index (Phi) is 34.5. The fourth-order valence-electron chi connectivity index (χ4n) is 13.6. The van der Waals surface area contributed by atoms with Crippen molar-refractivity contribution >= 4 is 71.2 Å². The smallest absolute Gasteiger partial charge is 0.408 e. The van der Waals surface area contributed by atoms with Crippen LogP contribution in [0.15, 0.2) is 109 Å². The number of methoxy groups -OCH3 is 2. The lowest BCUT2D eigenvalue weighted by molar-refractivity contribution is 0.0492. The van der Waals surface area contributed by atoms with E-state index in [9.17, 15) is 37.2 Å². The third-order valence-electron chi connectivity index (χ3n) is 18.5. The molecule has 6 aliphatic rings. The van der Waals surface area contributed by atoms with Crippen LogP contribution in [0.1, 0.15) is 268 Å². The van der Waals surface area contributed by atoms with Crippen LogP contribution in [-0.4, -0.2) is 92.7 Å². The quantitative estimate of drug-likeness (QED) is 0.0340. The largest absolute Gasteiger partial charge is 0.465 e. The number of nitriles is 2. The van der Waals surface area contributed by atoms with Crippen LogP contribution in [0.2, 0.25) is 0 Å². The number of ether oxygens (including phenoxy) is 6. The van der Waals surface area contributed by atoms with Gasteiger partial charge in [-0.15, -0.1) is 24.8 Å². The second-order valence-corrected chi connectivity index (χ2v) is 33.6. The first kappa shape index (κ1) is 93.3. The molecule has 24 nitrogen and oxygen atoms in total. The maximum Gasteiger partial charge on any atom is 0.408 e. The molecule has 0 bridgehead atoms. The summed E-state index contributed by atoms with van der Waals surface area (Å²) in [6.07, 6.45) is 11.2. The number of carbonyl (C=O) groups excluding carboxylic acids is 6. The molecular formula is C85H112Cl2N8O16S. The number of aliphatic hydroxyl groups is 1. The van der Waals surface area contributed by atoms with Crippen LogP contribution in [-0.2, 0) is 107 Å². The van der Waals surface area contributed by atoms with Gasteiger partial charge in [-0.1, -0.05) is 84.9 Å². The van der Waals surface area contributed by atoms with Crippen molar-refractivity contribution in [2.24, 2.45) is 11.5 Å². The van der Waals surface area contributed by atoms with Crippen LogP contribution in [0.4, 0.5) is 19.2 Å². The molecule has 0 aromatic heterocycles. The van der Waals surface area contributed by atoms with Gasteiger partial charge in [-0.2, -0.15) is 18.9 Å². The summed E-state index contributed by atoms with van der Waals surface area (Å²) in [4.78, 5) is 70.1. The fourth-order valence-corrected chi connectivity index (χ4v) is 14.0. The first-order valence-electron chi connectivity index (χ1n) is 37.2. The van der Waals surface area contributed by atoms with E-state index in [2.05, 4.69) is 56.3 Å². The van der Waals surface area contributed by atoms with Crippen molar-refractivity contribution in [3.8, 4) is 12.1 Å². The van der Waals surface area contributed by atoms with Gasteiger partial charge >= 0.3 is 36.3 Å². The minimum atomic E-state index is -3.45. The number of alkyl carbamates (subject to hydrolysis) is 4. The zero-order chi connectivity index (χ0) is 81.1. The maximum atomic E-state index is 11.9. The molecule has 27 heteroatoms. The SMILES string of the molecule is CC(C)(C)OC(=O)N[C@H]1CCc2cc(CC#N)ccc21.CC(C)(C)OC(=O)N[C@H]1CCc2cc(CO)ccc21.CC(C)(C)OC(=O)N[C@H]1CCc2cc(COS(C)(=O)=O)ccc21.COC(=O)c1ccc2c(c1)CC[C@@H]2N.COC(=O)c1ccc2c(c1)CC[C@@H]2NC(=O)OC(C)(C)C.Cl.Cl.N#CCc1ccc2c(c1)CC[C@@H]2N. The number of aryl methyl sites for hydroxylation is 6. The predicted octanol–water partition coefficient (Wildman–Crippen LogP) is 15.6. The van der Waals surface area contributed by atoms with Gasteiger partial charge in [-0.25, -0.2) is 28.8 Å². The van der Waals surface area contributed by atoms with Gasteiger partial charge in [0.25, 0.3) is 10.1 Å². The number of halogens is 2. The van der Waals surface area contributed by atoms with Crippen LogP contribution < -0.4 is 32.7 Å². The van der Waals surface area contributed by atoms with E-state index < -0.39 is 44.7 Å². The summed E-state index contributed by atoms with van der Waals surface area (Å²) in [6.45, 7) is 22.1. The Morgan fingerprint density at radius 3 is 0.991 bits per heavy atom. The Morgan fingerprint density at radius 2 is 0.679 bits per heavy atom. The summed E-state index contributed by atoms with van der Waals surface area (Å²) in [5.41, 5.74) is 28.7. The molecule has 0 heterocycles. The molecule has 0 saturated carbocycles. The molecule has 112 heavy (non-hydrogen) atoms. The molecular weight excluding hydrogens is 1490 g/mol. The number of esters is 2. The van der Waals surface area contributed by atoms with Crippen molar-refractivity contribution in [1.29, 1.82) is 10.5 Å². The van der Waals surface area contributed by atoms with Crippen molar-refractivity contribution in [3.05, 3.63) is 209 Å². The first-order valence-corrected chi connectivity index (χ1v) is 39.0. The van der Waals surface area contributed by atoms with Gasteiger partial charge in [0.05, 0.1) is 94.0 Å². The van der Waals surface area contributed by atoms with Gasteiger partial charge in [0.2, 0.25) is 0 Å². The average Bonchev–Trinajstić information content (AvgIpc) is 1.70. The number of nitrogens with two attached hydrogens (primary N) is 2. The van der Waals surface area contributed by atoms with E-state index >= 15 is 0 Å². The summed E-state index contributed by atoms with van der Waals surface area (Å²) >= 11 is 0. The number of nitrogens with one attached hydrogen (secondary N) is 4. The van der Waals surface area contributed by atoms with Crippen LogP contribution >= 0.6 is 24.8 Å². The predicted molar refractivity (Wildman–Crippen MR) is 432 cm³/mol. The van der Waals surface area contributed by atoms with Gasteiger partial charge in [0.15, 0.2) is 0 Å². The minimum absolute atomic E-state index is 0. The molecule has 9 N–H and O–H groups in total. The third-order valence-corrected chi connectivity index (χ3v) is 19.0. The van der Waals surface area contributed by atoms with E-state index in [0.717, 1.165) is 145 Å². The summed E-state index contributed by atoms with van der Waals surface area (Å²) in [5, 5.41) is 38.0. The second kappa shape index (κ2) is 41.5. The highest BCUT2D eigenvalue weighted by atomic mass is 35.5. The Balaban J connectivity index is 0.000000242. The normalized spacial score (nSPS) is 17.6. The number of nitrogens with zero attached hydrogens (tertiary/aromatic N) is 2. The molecule has 0 fully saturated rings. The minimum Gasteiger partial charge on any atom is -0.465 e. The summed E-state index contributed by atoms with van der Waals surface area (Å²) < 4.78 is 57.4. The highest BCUT2D eigenvalue weighted by Gasteiger charge is 2.32. The highest BCUT2D eigenvalue weighted by Crippen LogP contribution is 2.37. The molecule has 608 valence electrons. The molecule has 0 spiro atoms. The van der Waals surface area contributed by atoms with E-state index in [1.54, 1.807) is 12.1 Å². The molecule has 12 rings (SSSR count). The molecule has 4 amide bonds. The van der Waals surface area contributed by atoms with Gasteiger partial charge in [-0.3, -0.25) is 4.18 Å². The number of hydrogen-bond acceptors (Lipinski definition) is 20. The molecule has 0 unspecified atom stereocenters. The van der Waals surface area contributed by atoms with E-state index in [0.29, 0.717) is 24.0 Å². The fraction of sp³-hybridized carbons (Fsp3) is 0.482. The van der Waals surface area contributed by atoms with Crippen molar-refractivity contribution in [2.75, 3.05) is 20.5 Å². The van der Waals surface area contributed by atoms with E-state index in [1.165, 1.54) is 42.0 Å². The number of amides is 4. The van der Waals surface area contributed by atoms with Crippen molar-refractivity contribution in [2.45, 2.75) is 245 Å². The number of hydrogen-bond donors (Lipinski definition) is 7. The van der Waals surface area contributed by atoms with Crippen molar-refractivity contribution in [3.63, 3.8) is 0 Å². The van der Waals surface area contributed by atoms with Crippen LogP contribution in [0.5, 0.6) is 0 Å². The van der Waals surface area contributed by atoms with Crippen LogP contribution in [0.3, 0.4) is 0 Å². The number of aliphatic hydroxyl groups excluding tert-OH is 1. The zero-order valence-corrected chi connectivity index (χ0v) is 69.5. The molecule has 0 aliphatic heterocycles. The third kappa shape index (κ3) is 29.3. The maximum absolute atomic E-state index is 11.9. The number of rotatable bonds is 12. The number of carbonyl (C=O) groups is 6. The lowest BCUT2D eigenvalue weighted by Gasteiger charge is -2.22. The Morgan fingerprint density at radius 1 is 0.420 bits per heavy atom. The summed E-state index contributed by atoms with van der Waals surface area (Å²) in [7, 11) is -0.700. The van der Waals surface area contributed by atoms with Crippen molar-refractivity contribution < 1.29 is 74.9 Å². The van der Waals surface area contributed by atoms with E-state index in [4.69, 9.17) is 55.0 Å². The lowest BCUT2D eigenvalue weighted by atomic mass is 10.0. The molecule has 6 atom stereocenters. The Hall–Kier alpha value is -9.31. The van der Waals surface area contributed by atoms with Gasteiger partial charge in [0.1, 0.15) is 22.4 Å². The van der Waals surface area contributed by atoms with E-state index in [-0.39, 0.29) is 98.4 Å². The summed E-state index contributed by atoms with van der Waals surface area (Å²) in [6, 6.07) is 39.3. The Labute approximate surface area is 672 Å². The molecule has 0 radical (unpaired) electrons. The number of benzene rings is 6. The monoisotopic (exact) mass is 1600 g/mol. The molecule has 6 aromatic rings. The zero-order valence-electron chi connectivity index (χ0n) is 67.0. The van der Waals surface area contributed by atoms with Gasteiger partial charge in [-0.05, 0) is 273 Å². The van der Waals surface area contributed by atoms with Crippen molar-refractivity contribution in [1.82, 2.24) is 21.3 Å². The van der Waals surface area contributed by atoms with Crippen LogP contribution in [0, 0.1) is 22.7 Å². The highest BCUT2D eigenvalue weighted by molar-refractivity contribution is 7.85. The van der Waals surface area contributed by atoms with Gasteiger partial charge < -0.3 is 66.3 Å². The van der Waals surface area contributed by atoms with Crippen LogP contribution in [0.25, 0.3) is 0 Å². The first-order chi connectivity index (χ1) is 51.6. The summed E-state index contributed by atoms with van der Waals surface area (Å²) in [5.74, 6) is -0.630. The topological polar surface area (TPSA) is 369 Å². The molecule has 6 aliphatic carbocycles.